The van der Waals surface area contributed by atoms with E-state index >= 15 is 0 Å². The van der Waals surface area contributed by atoms with Crippen molar-refractivity contribution in [3.63, 3.8) is 0 Å². The van der Waals surface area contributed by atoms with Crippen LogP contribution in [0.25, 0.3) is 0 Å². The van der Waals surface area contributed by atoms with E-state index in [1.807, 2.05) is 25.8 Å². The molecule has 92 valence electrons. The van der Waals surface area contributed by atoms with Crippen molar-refractivity contribution in [3.8, 4) is 0 Å². The minimum Gasteiger partial charge on any atom is -0.465 e. The molecule has 0 amide bonds. The molecule has 2 heterocycles. The van der Waals surface area contributed by atoms with Crippen molar-refractivity contribution in [1.82, 2.24) is 5.06 Å². The highest BCUT2D eigenvalue weighted by Crippen LogP contribution is 2.56. The lowest BCUT2D eigenvalue weighted by Gasteiger charge is -2.55. The van der Waals surface area contributed by atoms with Crippen molar-refractivity contribution in [2.45, 2.75) is 64.1 Å². The molecule has 0 N–H and O–H groups in total. The van der Waals surface area contributed by atoms with E-state index in [0.29, 0.717) is 13.0 Å². The number of nitrogens with zero attached hydrogens (tertiary/aromatic N) is 1. The Morgan fingerprint density at radius 3 is 2.44 bits per heavy atom. The maximum Gasteiger partial charge on any atom is 0.329 e. The van der Waals surface area contributed by atoms with Crippen LogP contribution in [0.3, 0.4) is 0 Å². The molecular formula is C12H21NO3. The Hall–Kier alpha value is -0.610. The van der Waals surface area contributed by atoms with Gasteiger partial charge in [-0.3, -0.25) is 4.84 Å². The molecule has 2 aliphatic rings. The second-order valence-corrected chi connectivity index (χ2v) is 6.06. The second kappa shape index (κ2) is 3.20. The summed E-state index contributed by atoms with van der Waals surface area (Å²) in [4.78, 5) is 17.9. The molecule has 0 bridgehead atoms. The molecule has 4 nitrogen and oxygen atoms in total. The predicted molar refractivity (Wildman–Crippen MR) is 59.7 cm³/mol. The van der Waals surface area contributed by atoms with Crippen LogP contribution in [0.5, 0.6) is 0 Å². The first-order valence-electron chi connectivity index (χ1n) is 5.90. The minimum atomic E-state index is -0.539. The summed E-state index contributed by atoms with van der Waals surface area (Å²) in [5.74, 6) is -0.139. The van der Waals surface area contributed by atoms with E-state index in [4.69, 9.17) is 9.57 Å². The van der Waals surface area contributed by atoms with Crippen molar-refractivity contribution < 1.29 is 14.4 Å². The van der Waals surface area contributed by atoms with E-state index in [0.717, 1.165) is 6.42 Å². The summed E-state index contributed by atoms with van der Waals surface area (Å²) in [5.41, 5.74) is -0.885. The first kappa shape index (κ1) is 11.9. The van der Waals surface area contributed by atoms with E-state index in [-0.39, 0.29) is 17.1 Å². The van der Waals surface area contributed by atoms with Crippen LogP contribution in [0.1, 0.15) is 47.5 Å². The van der Waals surface area contributed by atoms with Gasteiger partial charge in [-0.25, -0.2) is 4.79 Å². The lowest BCUT2D eigenvalue weighted by atomic mass is 9.70. The Bertz CT molecular complexity index is 322. The van der Waals surface area contributed by atoms with E-state index in [1.54, 1.807) is 0 Å². The molecule has 0 aromatic heterocycles. The SMILES string of the molecule is CCOC(=O)C12CC(C)(C)ON1C(C)(C)C2. The molecule has 0 radical (unpaired) electrons. The number of esters is 1. The molecule has 0 saturated carbocycles. The number of fused-ring (bicyclic) bond motifs is 1. The average Bonchev–Trinajstić information content (AvgIpc) is 2.36. The van der Waals surface area contributed by atoms with Crippen molar-refractivity contribution in [3.05, 3.63) is 0 Å². The van der Waals surface area contributed by atoms with Gasteiger partial charge in [-0.15, -0.1) is 0 Å². The fraction of sp³-hybridized carbons (Fsp3) is 0.917. The highest BCUT2D eigenvalue weighted by Gasteiger charge is 2.69. The summed E-state index contributed by atoms with van der Waals surface area (Å²) >= 11 is 0. The molecule has 1 unspecified atom stereocenters. The van der Waals surface area contributed by atoms with E-state index in [9.17, 15) is 4.79 Å². The highest BCUT2D eigenvalue weighted by atomic mass is 16.7. The van der Waals surface area contributed by atoms with Gasteiger partial charge in [0.25, 0.3) is 0 Å². The van der Waals surface area contributed by atoms with Crippen molar-refractivity contribution in [1.29, 1.82) is 0 Å². The second-order valence-electron chi connectivity index (χ2n) is 6.06. The smallest absolute Gasteiger partial charge is 0.329 e. The normalized spacial score (nSPS) is 35.3. The van der Waals surface area contributed by atoms with E-state index in [2.05, 4.69) is 13.8 Å². The number of hydrogen-bond acceptors (Lipinski definition) is 4. The van der Waals surface area contributed by atoms with Gasteiger partial charge < -0.3 is 4.74 Å². The Morgan fingerprint density at radius 1 is 1.31 bits per heavy atom. The van der Waals surface area contributed by atoms with Gasteiger partial charge >= 0.3 is 5.97 Å². The molecule has 4 heteroatoms. The average molecular weight is 227 g/mol. The molecule has 0 aromatic carbocycles. The molecule has 16 heavy (non-hydrogen) atoms. The summed E-state index contributed by atoms with van der Waals surface area (Å²) < 4.78 is 5.18. The van der Waals surface area contributed by atoms with E-state index in [1.165, 1.54) is 0 Å². The molecule has 0 spiro atoms. The summed E-state index contributed by atoms with van der Waals surface area (Å²) in [6.45, 7) is 10.5. The van der Waals surface area contributed by atoms with Gasteiger partial charge in [0.2, 0.25) is 0 Å². The van der Waals surface area contributed by atoms with Gasteiger partial charge in [-0.05, 0) is 41.0 Å². The number of rotatable bonds is 2. The summed E-state index contributed by atoms with van der Waals surface area (Å²) in [7, 11) is 0. The van der Waals surface area contributed by atoms with Gasteiger partial charge in [0, 0.05) is 12.0 Å². The van der Waals surface area contributed by atoms with Crippen molar-refractivity contribution in [2.75, 3.05) is 6.61 Å². The molecule has 2 rings (SSSR count). The lowest BCUT2D eigenvalue weighted by Crippen LogP contribution is -2.71. The van der Waals surface area contributed by atoms with Crippen molar-refractivity contribution in [2.24, 2.45) is 0 Å². The first-order valence-corrected chi connectivity index (χ1v) is 5.90. The molecular weight excluding hydrogens is 206 g/mol. The minimum absolute atomic E-state index is 0.0689. The predicted octanol–water partition coefficient (Wildman–Crippen LogP) is 1.89. The van der Waals surface area contributed by atoms with Gasteiger partial charge in [0.1, 0.15) is 5.54 Å². The van der Waals surface area contributed by atoms with Crippen LogP contribution in [0.15, 0.2) is 0 Å². The van der Waals surface area contributed by atoms with Crippen LogP contribution in [0, 0.1) is 0 Å². The topological polar surface area (TPSA) is 38.8 Å². The highest BCUT2D eigenvalue weighted by molar-refractivity contribution is 5.83. The Labute approximate surface area is 96.8 Å². The van der Waals surface area contributed by atoms with E-state index < -0.39 is 5.54 Å². The van der Waals surface area contributed by atoms with Crippen LogP contribution in [0.2, 0.25) is 0 Å². The van der Waals surface area contributed by atoms with Crippen LogP contribution in [-0.4, -0.2) is 34.3 Å². The quantitative estimate of drug-likeness (QED) is 0.675. The standard InChI is InChI=1S/C12H21NO3/c1-6-15-9(14)12-7-10(2,3)13(12)16-11(4,5)8-12/h6-8H2,1-5H3. The number of ether oxygens (including phenoxy) is 1. The van der Waals surface area contributed by atoms with Gasteiger partial charge in [0.15, 0.2) is 0 Å². The summed E-state index contributed by atoms with van der Waals surface area (Å²) in [5, 5.41) is 1.85. The largest absolute Gasteiger partial charge is 0.465 e. The zero-order chi connectivity index (χ0) is 12.2. The third-order valence-electron chi connectivity index (χ3n) is 3.38. The van der Waals surface area contributed by atoms with Gasteiger partial charge in [0.05, 0.1) is 12.2 Å². The number of carbonyl (C=O) groups is 1. The molecule has 2 fully saturated rings. The summed E-state index contributed by atoms with van der Waals surface area (Å²) in [6, 6.07) is 0. The summed E-state index contributed by atoms with van der Waals surface area (Å²) in [6.07, 6.45) is 1.52. The first-order chi connectivity index (χ1) is 7.23. The van der Waals surface area contributed by atoms with Crippen LogP contribution < -0.4 is 0 Å². The maximum absolute atomic E-state index is 12.1. The zero-order valence-electron chi connectivity index (χ0n) is 10.8. The van der Waals surface area contributed by atoms with Crippen LogP contribution in [0.4, 0.5) is 0 Å². The number of hydrogen-bond donors (Lipinski definition) is 0. The molecule has 0 aliphatic carbocycles. The Balaban J connectivity index is 2.24. The third-order valence-corrected chi connectivity index (χ3v) is 3.38. The monoisotopic (exact) mass is 227 g/mol. The fourth-order valence-corrected chi connectivity index (χ4v) is 3.17. The number of hydroxylamine groups is 2. The lowest BCUT2D eigenvalue weighted by molar-refractivity contribution is -0.313. The van der Waals surface area contributed by atoms with Crippen molar-refractivity contribution >= 4 is 5.97 Å². The molecule has 2 saturated heterocycles. The Kier molecular flexibility index (Phi) is 2.37. The number of carbonyl (C=O) groups excluding carboxylic acids is 1. The Morgan fingerprint density at radius 2 is 1.94 bits per heavy atom. The van der Waals surface area contributed by atoms with Gasteiger partial charge in [-0.1, -0.05) is 0 Å². The van der Waals surface area contributed by atoms with Gasteiger partial charge in [-0.2, -0.15) is 5.06 Å². The molecule has 0 aromatic rings. The third kappa shape index (κ3) is 1.47. The molecule has 2 aliphatic heterocycles. The maximum atomic E-state index is 12.1. The fourth-order valence-electron chi connectivity index (χ4n) is 3.17. The molecule has 1 atom stereocenters. The van der Waals surface area contributed by atoms with Crippen LogP contribution in [-0.2, 0) is 14.4 Å². The van der Waals surface area contributed by atoms with Crippen LogP contribution >= 0.6 is 0 Å². The zero-order valence-corrected chi connectivity index (χ0v) is 10.8.